The number of hydrogen-bond acceptors (Lipinski definition) is 3. The smallest absolute Gasteiger partial charge is 0.319 e. The van der Waals surface area contributed by atoms with Gasteiger partial charge in [0.2, 0.25) is 0 Å². The molecule has 1 rings (SSSR count). The van der Waals surface area contributed by atoms with E-state index in [2.05, 4.69) is 10.6 Å². The molecule has 0 saturated heterocycles. The highest BCUT2D eigenvalue weighted by molar-refractivity contribution is 5.91. The number of aryl methyl sites for hydroxylation is 1. The van der Waals surface area contributed by atoms with Crippen molar-refractivity contribution in [3.8, 4) is 5.75 Å². The third kappa shape index (κ3) is 5.61. The maximum atomic E-state index is 11.7. The molecule has 5 nitrogen and oxygen atoms in total. The number of methoxy groups -OCH3 is 1. The molecule has 0 radical (unpaired) electrons. The van der Waals surface area contributed by atoms with E-state index in [1.807, 2.05) is 39.0 Å². The van der Waals surface area contributed by atoms with Crippen LogP contribution in [0.15, 0.2) is 18.2 Å². The number of anilines is 1. The van der Waals surface area contributed by atoms with Crippen LogP contribution in [0.25, 0.3) is 0 Å². The van der Waals surface area contributed by atoms with Gasteiger partial charge in [-0.3, -0.25) is 0 Å². The van der Waals surface area contributed by atoms with Crippen LogP contribution in [-0.2, 0) is 4.74 Å². The summed E-state index contributed by atoms with van der Waals surface area (Å²) >= 11 is 0. The van der Waals surface area contributed by atoms with Crippen LogP contribution in [-0.4, -0.2) is 32.4 Å². The topological polar surface area (TPSA) is 59.6 Å². The summed E-state index contributed by atoms with van der Waals surface area (Å²) in [6, 6.07) is 5.49. The molecule has 2 amide bonds. The first kappa shape index (κ1) is 15.3. The van der Waals surface area contributed by atoms with Gasteiger partial charge in [-0.1, -0.05) is 6.07 Å². The number of amides is 2. The van der Waals surface area contributed by atoms with E-state index < -0.39 is 0 Å². The highest BCUT2D eigenvalue weighted by Gasteiger charge is 2.09. The van der Waals surface area contributed by atoms with E-state index in [0.29, 0.717) is 24.7 Å². The van der Waals surface area contributed by atoms with E-state index >= 15 is 0 Å². The second-order valence-electron chi connectivity index (χ2n) is 4.59. The second-order valence-corrected chi connectivity index (χ2v) is 4.59. The molecule has 1 aromatic carbocycles. The molecule has 1 aromatic rings. The zero-order chi connectivity index (χ0) is 14.3. The Morgan fingerprint density at radius 3 is 2.68 bits per heavy atom. The van der Waals surface area contributed by atoms with E-state index in [1.54, 1.807) is 7.11 Å². The van der Waals surface area contributed by atoms with Crippen molar-refractivity contribution >= 4 is 11.7 Å². The molecule has 0 aliphatic rings. The van der Waals surface area contributed by atoms with Crippen LogP contribution >= 0.6 is 0 Å². The molecule has 0 heterocycles. The highest BCUT2D eigenvalue weighted by Crippen LogP contribution is 2.25. The molecule has 2 N–H and O–H groups in total. The molecule has 0 fully saturated rings. The van der Waals surface area contributed by atoms with E-state index in [-0.39, 0.29) is 12.1 Å². The quantitative estimate of drug-likeness (QED) is 0.778. The van der Waals surface area contributed by atoms with Gasteiger partial charge >= 0.3 is 6.03 Å². The third-order valence-electron chi connectivity index (χ3n) is 2.35. The van der Waals surface area contributed by atoms with Crippen molar-refractivity contribution in [3.05, 3.63) is 23.8 Å². The fourth-order valence-electron chi connectivity index (χ4n) is 1.51. The Bertz CT molecular complexity index is 419. The van der Waals surface area contributed by atoms with Crippen LogP contribution in [0, 0.1) is 6.92 Å². The Kier molecular flexibility index (Phi) is 6.15. The Morgan fingerprint density at radius 2 is 2.05 bits per heavy atom. The summed E-state index contributed by atoms with van der Waals surface area (Å²) in [6.07, 6.45) is 0. The number of carbonyl (C=O) groups is 1. The molecule has 0 unspecified atom stereocenters. The zero-order valence-electron chi connectivity index (χ0n) is 11.9. The molecule has 5 heteroatoms. The van der Waals surface area contributed by atoms with Crippen molar-refractivity contribution in [3.63, 3.8) is 0 Å². The van der Waals surface area contributed by atoms with Crippen LogP contribution in [0.1, 0.15) is 19.4 Å². The SMILES string of the molecule is COCCOc1cc(C)ccc1NC(=O)NC(C)C. The van der Waals surface area contributed by atoms with Crippen molar-refractivity contribution < 1.29 is 14.3 Å². The van der Waals surface area contributed by atoms with Crippen LogP contribution in [0.2, 0.25) is 0 Å². The zero-order valence-corrected chi connectivity index (χ0v) is 11.9. The Hall–Kier alpha value is -1.75. The molecular formula is C14H22N2O3. The van der Waals surface area contributed by atoms with Gasteiger partial charge in [-0.05, 0) is 38.5 Å². The molecule has 0 aliphatic carbocycles. The Balaban J connectivity index is 2.72. The highest BCUT2D eigenvalue weighted by atomic mass is 16.5. The van der Waals surface area contributed by atoms with Gasteiger partial charge in [-0.2, -0.15) is 0 Å². The van der Waals surface area contributed by atoms with Crippen molar-refractivity contribution in [1.82, 2.24) is 5.32 Å². The van der Waals surface area contributed by atoms with E-state index in [9.17, 15) is 4.79 Å². The minimum atomic E-state index is -0.240. The van der Waals surface area contributed by atoms with Crippen molar-refractivity contribution in [1.29, 1.82) is 0 Å². The predicted molar refractivity (Wildman–Crippen MR) is 75.8 cm³/mol. The fourth-order valence-corrected chi connectivity index (χ4v) is 1.51. The number of hydrogen-bond donors (Lipinski definition) is 2. The molecule has 0 spiro atoms. The summed E-state index contributed by atoms with van der Waals surface area (Å²) in [6.45, 7) is 6.74. The van der Waals surface area contributed by atoms with Crippen molar-refractivity contribution in [2.75, 3.05) is 25.6 Å². The number of ether oxygens (including phenoxy) is 2. The van der Waals surface area contributed by atoms with Crippen LogP contribution in [0.5, 0.6) is 5.75 Å². The van der Waals surface area contributed by atoms with Gasteiger partial charge in [0.25, 0.3) is 0 Å². The molecule has 19 heavy (non-hydrogen) atoms. The van der Waals surface area contributed by atoms with Gasteiger partial charge in [0.15, 0.2) is 0 Å². The minimum Gasteiger partial charge on any atom is -0.489 e. The van der Waals surface area contributed by atoms with E-state index in [1.165, 1.54) is 0 Å². The number of rotatable bonds is 6. The molecule has 0 aliphatic heterocycles. The van der Waals surface area contributed by atoms with Crippen LogP contribution < -0.4 is 15.4 Å². The molecular weight excluding hydrogens is 244 g/mol. The van der Waals surface area contributed by atoms with Gasteiger partial charge in [0.1, 0.15) is 12.4 Å². The second kappa shape index (κ2) is 7.63. The summed E-state index contributed by atoms with van der Waals surface area (Å²) in [5.41, 5.74) is 1.72. The molecule has 0 atom stereocenters. The standard InChI is InChI=1S/C14H22N2O3/c1-10(2)15-14(17)16-12-6-5-11(3)9-13(12)19-8-7-18-4/h5-6,9-10H,7-8H2,1-4H3,(H2,15,16,17). The Labute approximate surface area is 114 Å². The lowest BCUT2D eigenvalue weighted by Crippen LogP contribution is -2.34. The largest absolute Gasteiger partial charge is 0.489 e. The first-order valence-corrected chi connectivity index (χ1v) is 6.33. The number of nitrogens with one attached hydrogen (secondary N) is 2. The summed E-state index contributed by atoms with van der Waals surface area (Å²) in [5, 5.41) is 5.55. The van der Waals surface area contributed by atoms with Crippen LogP contribution in [0.4, 0.5) is 10.5 Å². The fraction of sp³-hybridized carbons (Fsp3) is 0.500. The summed E-state index contributed by atoms with van der Waals surface area (Å²) in [7, 11) is 1.62. The molecule has 0 aromatic heterocycles. The number of benzene rings is 1. The lowest BCUT2D eigenvalue weighted by molar-refractivity contribution is 0.146. The monoisotopic (exact) mass is 266 g/mol. The summed E-state index contributed by atoms with van der Waals surface area (Å²) in [4.78, 5) is 11.7. The van der Waals surface area contributed by atoms with Gasteiger partial charge in [-0.15, -0.1) is 0 Å². The lowest BCUT2D eigenvalue weighted by Gasteiger charge is -2.14. The van der Waals surface area contributed by atoms with Crippen molar-refractivity contribution in [2.45, 2.75) is 26.8 Å². The van der Waals surface area contributed by atoms with E-state index in [0.717, 1.165) is 5.56 Å². The maximum Gasteiger partial charge on any atom is 0.319 e. The van der Waals surface area contributed by atoms with Gasteiger partial charge < -0.3 is 20.1 Å². The normalized spacial score (nSPS) is 10.4. The summed E-state index contributed by atoms with van der Waals surface area (Å²) in [5.74, 6) is 0.649. The maximum absolute atomic E-state index is 11.7. The average molecular weight is 266 g/mol. The number of urea groups is 1. The van der Waals surface area contributed by atoms with Gasteiger partial charge in [0, 0.05) is 13.2 Å². The molecule has 0 saturated carbocycles. The van der Waals surface area contributed by atoms with Crippen LogP contribution in [0.3, 0.4) is 0 Å². The van der Waals surface area contributed by atoms with Gasteiger partial charge in [0.05, 0.1) is 12.3 Å². The van der Waals surface area contributed by atoms with Crippen molar-refractivity contribution in [2.24, 2.45) is 0 Å². The third-order valence-corrected chi connectivity index (χ3v) is 2.35. The average Bonchev–Trinajstić information content (AvgIpc) is 2.32. The molecule has 0 bridgehead atoms. The van der Waals surface area contributed by atoms with E-state index in [4.69, 9.17) is 9.47 Å². The summed E-state index contributed by atoms with van der Waals surface area (Å²) < 4.78 is 10.5. The first-order valence-electron chi connectivity index (χ1n) is 6.33. The minimum absolute atomic E-state index is 0.0864. The Morgan fingerprint density at radius 1 is 1.32 bits per heavy atom. The molecule has 106 valence electrons. The lowest BCUT2D eigenvalue weighted by atomic mass is 10.2. The first-order chi connectivity index (χ1) is 9.02. The number of carbonyl (C=O) groups excluding carboxylic acids is 1. The van der Waals surface area contributed by atoms with Gasteiger partial charge in [-0.25, -0.2) is 4.79 Å². The predicted octanol–water partition coefficient (Wildman–Crippen LogP) is 2.55.